The molecule has 1 aliphatic rings. The van der Waals surface area contributed by atoms with Crippen molar-refractivity contribution in [2.45, 2.75) is 20.0 Å². The number of carbonyl (C=O) groups is 3. The van der Waals surface area contributed by atoms with Crippen LogP contribution in [0, 0.1) is 6.92 Å². The largest absolute Gasteiger partial charge is 0.479 e. The topological polar surface area (TPSA) is 95.9 Å². The monoisotopic (exact) mass is 410 g/mol. The molecule has 0 unspecified atom stereocenters. The number of hydrogen-bond donors (Lipinski definition) is 2. The van der Waals surface area contributed by atoms with Gasteiger partial charge in [0.1, 0.15) is 11.3 Å². The quantitative estimate of drug-likeness (QED) is 0.447. The highest BCUT2D eigenvalue weighted by Crippen LogP contribution is 2.25. The summed E-state index contributed by atoms with van der Waals surface area (Å²) < 4.78 is 5.27. The Kier molecular flexibility index (Phi) is 5.74. The standard InChI is InChI=1S/C21H18N2O5S/c1-12-5-3-4-6-17(12)23-19(25)16(18(24)22-21(23)29)11-14-7-9-15(10-8-14)28-13(2)20(26)27/h3-11,13H,1-2H3,(H,26,27)(H,22,24,29)/b16-11+/t13-/m1/s1. The minimum atomic E-state index is -1.08. The molecule has 1 saturated heterocycles. The third-order valence-corrected chi connectivity index (χ3v) is 4.59. The van der Waals surface area contributed by atoms with Crippen molar-refractivity contribution in [1.29, 1.82) is 0 Å². The Bertz CT molecular complexity index is 1030. The van der Waals surface area contributed by atoms with Crippen molar-refractivity contribution in [3.8, 4) is 5.75 Å². The van der Waals surface area contributed by atoms with Gasteiger partial charge >= 0.3 is 5.97 Å². The number of nitrogens with one attached hydrogen (secondary N) is 1. The van der Waals surface area contributed by atoms with E-state index in [4.69, 9.17) is 22.1 Å². The minimum absolute atomic E-state index is 0.0258. The maximum Gasteiger partial charge on any atom is 0.344 e. The Hall–Kier alpha value is -3.52. The number of anilines is 1. The molecule has 0 spiro atoms. The zero-order valence-corrected chi connectivity index (χ0v) is 16.5. The van der Waals surface area contributed by atoms with Crippen LogP contribution in [0.15, 0.2) is 54.1 Å². The fourth-order valence-electron chi connectivity index (χ4n) is 2.75. The highest BCUT2D eigenvalue weighted by atomic mass is 32.1. The third-order valence-electron chi connectivity index (χ3n) is 4.31. The first-order valence-electron chi connectivity index (χ1n) is 8.74. The van der Waals surface area contributed by atoms with Gasteiger partial charge in [0.25, 0.3) is 11.8 Å². The summed E-state index contributed by atoms with van der Waals surface area (Å²) in [7, 11) is 0. The van der Waals surface area contributed by atoms with Gasteiger partial charge < -0.3 is 9.84 Å². The van der Waals surface area contributed by atoms with Gasteiger partial charge in [-0.2, -0.15) is 0 Å². The predicted molar refractivity (Wildman–Crippen MR) is 112 cm³/mol. The van der Waals surface area contributed by atoms with Gasteiger partial charge in [-0.1, -0.05) is 30.3 Å². The molecule has 0 radical (unpaired) electrons. The molecule has 148 valence electrons. The van der Waals surface area contributed by atoms with E-state index >= 15 is 0 Å². The van der Waals surface area contributed by atoms with Crippen LogP contribution in [0.3, 0.4) is 0 Å². The summed E-state index contributed by atoms with van der Waals surface area (Å²) >= 11 is 5.20. The summed E-state index contributed by atoms with van der Waals surface area (Å²) in [6.07, 6.45) is 0.461. The SMILES string of the molecule is Cc1ccccc1N1C(=O)/C(=C/c2ccc(O[C@H](C)C(=O)O)cc2)C(=O)NC1=S. The van der Waals surface area contributed by atoms with Crippen molar-refractivity contribution in [2.24, 2.45) is 0 Å². The lowest BCUT2D eigenvalue weighted by Crippen LogP contribution is -2.54. The van der Waals surface area contributed by atoms with Crippen LogP contribution in [0.25, 0.3) is 6.08 Å². The fraction of sp³-hybridized carbons (Fsp3) is 0.143. The average Bonchev–Trinajstić information content (AvgIpc) is 2.67. The molecule has 1 fully saturated rings. The highest BCUT2D eigenvalue weighted by molar-refractivity contribution is 7.80. The molecular formula is C21H18N2O5S. The van der Waals surface area contributed by atoms with Crippen LogP contribution >= 0.6 is 12.2 Å². The van der Waals surface area contributed by atoms with Gasteiger partial charge in [-0.25, -0.2) is 4.79 Å². The maximum atomic E-state index is 13.0. The van der Waals surface area contributed by atoms with Crippen molar-refractivity contribution in [3.05, 3.63) is 65.2 Å². The fourth-order valence-corrected chi connectivity index (χ4v) is 3.03. The first-order chi connectivity index (χ1) is 13.8. The van der Waals surface area contributed by atoms with Crippen LogP contribution in [0.5, 0.6) is 5.75 Å². The number of para-hydroxylation sites is 1. The molecule has 2 aromatic rings. The van der Waals surface area contributed by atoms with Crippen molar-refractivity contribution >= 4 is 46.9 Å². The number of carboxylic acids is 1. The third kappa shape index (κ3) is 4.33. The van der Waals surface area contributed by atoms with Gasteiger partial charge in [0, 0.05) is 0 Å². The molecular weight excluding hydrogens is 392 g/mol. The summed E-state index contributed by atoms with van der Waals surface area (Å²) in [4.78, 5) is 37.5. The zero-order valence-electron chi connectivity index (χ0n) is 15.7. The first kappa shape index (κ1) is 20.2. The van der Waals surface area contributed by atoms with E-state index in [1.807, 2.05) is 19.1 Å². The second kappa shape index (κ2) is 8.24. The van der Waals surface area contributed by atoms with E-state index in [0.717, 1.165) is 5.56 Å². The summed E-state index contributed by atoms with van der Waals surface area (Å²) in [5, 5.41) is 11.5. The van der Waals surface area contributed by atoms with Crippen LogP contribution in [0.2, 0.25) is 0 Å². The summed E-state index contributed by atoms with van der Waals surface area (Å²) in [5.41, 5.74) is 1.96. The molecule has 0 aliphatic carbocycles. The molecule has 1 atom stereocenters. The molecule has 0 aromatic heterocycles. The molecule has 2 amide bonds. The molecule has 1 heterocycles. The number of amides is 2. The smallest absolute Gasteiger partial charge is 0.344 e. The lowest BCUT2D eigenvalue weighted by Gasteiger charge is -2.30. The van der Waals surface area contributed by atoms with Gasteiger partial charge in [0.15, 0.2) is 11.2 Å². The highest BCUT2D eigenvalue weighted by Gasteiger charge is 2.34. The number of carbonyl (C=O) groups excluding carboxylic acids is 2. The zero-order chi connectivity index (χ0) is 21.1. The Morgan fingerprint density at radius 3 is 2.45 bits per heavy atom. The molecule has 29 heavy (non-hydrogen) atoms. The molecule has 3 rings (SSSR count). The van der Waals surface area contributed by atoms with Crippen molar-refractivity contribution < 1.29 is 24.2 Å². The van der Waals surface area contributed by atoms with E-state index in [1.165, 1.54) is 17.9 Å². The molecule has 7 nitrogen and oxygen atoms in total. The second-order valence-corrected chi connectivity index (χ2v) is 6.80. The lowest BCUT2D eigenvalue weighted by atomic mass is 10.1. The maximum absolute atomic E-state index is 13.0. The Morgan fingerprint density at radius 1 is 1.17 bits per heavy atom. The molecule has 2 N–H and O–H groups in total. The van der Waals surface area contributed by atoms with Crippen LogP contribution in [0.1, 0.15) is 18.1 Å². The molecule has 0 saturated carbocycles. The van der Waals surface area contributed by atoms with Crippen LogP contribution in [0.4, 0.5) is 5.69 Å². The average molecular weight is 410 g/mol. The second-order valence-electron chi connectivity index (χ2n) is 6.41. The number of thiocarbonyl (C=S) groups is 1. The van der Waals surface area contributed by atoms with E-state index in [0.29, 0.717) is 17.0 Å². The molecule has 8 heteroatoms. The number of carboxylic acid groups (broad SMARTS) is 1. The first-order valence-corrected chi connectivity index (χ1v) is 9.15. The van der Waals surface area contributed by atoms with Crippen LogP contribution in [-0.2, 0) is 14.4 Å². The summed E-state index contributed by atoms with van der Waals surface area (Å²) in [5.74, 6) is -1.81. The number of aryl methyl sites for hydroxylation is 1. The van der Waals surface area contributed by atoms with Crippen LogP contribution in [-0.4, -0.2) is 34.1 Å². The Morgan fingerprint density at radius 2 is 1.83 bits per heavy atom. The minimum Gasteiger partial charge on any atom is -0.479 e. The van der Waals surface area contributed by atoms with E-state index in [1.54, 1.807) is 36.4 Å². The van der Waals surface area contributed by atoms with Crippen molar-refractivity contribution in [3.63, 3.8) is 0 Å². The summed E-state index contributed by atoms with van der Waals surface area (Å²) in [6, 6.07) is 13.6. The number of ether oxygens (including phenoxy) is 1. The molecule has 2 aromatic carbocycles. The predicted octanol–water partition coefficient (Wildman–Crippen LogP) is 2.68. The van der Waals surface area contributed by atoms with Gasteiger partial charge in [-0.05, 0) is 61.5 Å². The Labute approximate surface area is 172 Å². The molecule has 0 bridgehead atoms. The van der Waals surface area contributed by atoms with E-state index < -0.39 is 23.9 Å². The Balaban J connectivity index is 1.89. The number of hydrogen-bond acceptors (Lipinski definition) is 5. The summed E-state index contributed by atoms with van der Waals surface area (Å²) in [6.45, 7) is 3.27. The van der Waals surface area contributed by atoms with Gasteiger partial charge in [0.2, 0.25) is 0 Å². The lowest BCUT2D eigenvalue weighted by molar-refractivity contribution is -0.144. The van der Waals surface area contributed by atoms with Gasteiger partial charge in [0.05, 0.1) is 5.69 Å². The number of nitrogens with zero attached hydrogens (tertiary/aromatic N) is 1. The van der Waals surface area contributed by atoms with Crippen molar-refractivity contribution in [1.82, 2.24) is 5.32 Å². The van der Waals surface area contributed by atoms with E-state index in [-0.39, 0.29) is 10.7 Å². The number of rotatable bonds is 5. The van der Waals surface area contributed by atoms with E-state index in [9.17, 15) is 14.4 Å². The normalized spacial score (nSPS) is 16.6. The molecule has 1 aliphatic heterocycles. The van der Waals surface area contributed by atoms with Crippen molar-refractivity contribution in [2.75, 3.05) is 4.90 Å². The van der Waals surface area contributed by atoms with Gasteiger partial charge in [-0.15, -0.1) is 0 Å². The number of aliphatic carboxylic acids is 1. The van der Waals surface area contributed by atoms with Gasteiger partial charge in [-0.3, -0.25) is 19.8 Å². The number of benzene rings is 2. The van der Waals surface area contributed by atoms with E-state index in [2.05, 4.69) is 5.32 Å². The van der Waals surface area contributed by atoms with Crippen LogP contribution < -0.4 is 15.0 Å².